The molecular formula is C17H17ClN2O2. The van der Waals surface area contributed by atoms with Crippen LogP contribution in [0, 0.1) is 6.92 Å². The summed E-state index contributed by atoms with van der Waals surface area (Å²) in [4.78, 5) is 12.2. The minimum absolute atomic E-state index is 0.342. The van der Waals surface area contributed by atoms with Gasteiger partial charge in [-0.3, -0.25) is 0 Å². The van der Waals surface area contributed by atoms with Crippen LogP contribution in [-0.4, -0.2) is 17.2 Å². The van der Waals surface area contributed by atoms with E-state index >= 15 is 0 Å². The predicted octanol–water partition coefficient (Wildman–Crippen LogP) is 3.43. The molecule has 114 valence electrons. The fourth-order valence-electron chi connectivity index (χ4n) is 2.81. The first-order valence-electron chi connectivity index (χ1n) is 7.14. The fraction of sp³-hybridized carbons (Fsp3) is 0.235. The van der Waals surface area contributed by atoms with Crippen LogP contribution in [0.5, 0.6) is 0 Å². The number of rotatable bonds is 2. The number of hydrogen-bond donors (Lipinski definition) is 3. The van der Waals surface area contributed by atoms with Crippen molar-refractivity contribution in [2.24, 2.45) is 0 Å². The SMILES string of the molecule is Cc1cc(Cl)ccc1NC(=O)N[C@@H]1c2ccccc2C[C@@H]1O. The first-order valence-corrected chi connectivity index (χ1v) is 7.52. The molecule has 0 unspecified atom stereocenters. The largest absolute Gasteiger partial charge is 0.390 e. The van der Waals surface area contributed by atoms with Gasteiger partial charge in [0.2, 0.25) is 0 Å². The van der Waals surface area contributed by atoms with Crippen LogP contribution in [0.3, 0.4) is 0 Å². The third-order valence-electron chi connectivity index (χ3n) is 3.93. The van der Waals surface area contributed by atoms with Gasteiger partial charge in [0, 0.05) is 17.1 Å². The molecule has 3 rings (SSSR count). The fourth-order valence-corrected chi connectivity index (χ4v) is 3.04. The maximum absolute atomic E-state index is 12.2. The van der Waals surface area contributed by atoms with E-state index in [1.54, 1.807) is 18.2 Å². The van der Waals surface area contributed by atoms with E-state index in [0.29, 0.717) is 17.1 Å². The lowest BCUT2D eigenvalue weighted by Gasteiger charge is -2.19. The van der Waals surface area contributed by atoms with Gasteiger partial charge in [-0.1, -0.05) is 35.9 Å². The first kappa shape index (κ1) is 14.9. The van der Waals surface area contributed by atoms with Gasteiger partial charge in [0.1, 0.15) is 0 Å². The second-order valence-electron chi connectivity index (χ2n) is 5.51. The van der Waals surface area contributed by atoms with Gasteiger partial charge in [0.05, 0.1) is 12.1 Å². The van der Waals surface area contributed by atoms with Gasteiger partial charge < -0.3 is 15.7 Å². The Bertz CT molecular complexity index is 718. The van der Waals surface area contributed by atoms with Crippen molar-refractivity contribution in [2.45, 2.75) is 25.5 Å². The molecule has 0 saturated heterocycles. The Morgan fingerprint density at radius 1 is 1.27 bits per heavy atom. The zero-order chi connectivity index (χ0) is 15.7. The summed E-state index contributed by atoms with van der Waals surface area (Å²) in [5, 5.41) is 16.4. The number of aliphatic hydroxyl groups excluding tert-OH is 1. The topological polar surface area (TPSA) is 61.4 Å². The number of hydrogen-bond acceptors (Lipinski definition) is 2. The van der Waals surface area contributed by atoms with Crippen molar-refractivity contribution in [3.8, 4) is 0 Å². The summed E-state index contributed by atoms with van der Waals surface area (Å²) in [5.41, 5.74) is 3.62. The average Bonchev–Trinajstić information content (AvgIpc) is 2.78. The molecule has 4 nitrogen and oxygen atoms in total. The van der Waals surface area contributed by atoms with Crippen molar-refractivity contribution in [1.29, 1.82) is 0 Å². The molecule has 2 aromatic carbocycles. The van der Waals surface area contributed by atoms with Gasteiger partial charge in [-0.25, -0.2) is 4.79 Å². The van der Waals surface area contributed by atoms with E-state index in [0.717, 1.165) is 16.7 Å². The smallest absolute Gasteiger partial charge is 0.319 e. The lowest BCUT2D eigenvalue weighted by atomic mass is 10.1. The summed E-state index contributed by atoms with van der Waals surface area (Å²) in [6, 6.07) is 12.3. The highest BCUT2D eigenvalue weighted by molar-refractivity contribution is 6.30. The van der Waals surface area contributed by atoms with Crippen molar-refractivity contribution in [3.05, 3.63) is 64.2 Å². The quantitative estimate of drug-likeness (QED) is 0.795. The second-order valence-corrected chi connectivity index (χ2v) is 5.94. The highest BCUT2D eigenvalue weighted by Gasteiger charge is 2.31. The molecule has 3 N–H and O–H groups in total. The van der Waals surface area contributed by atoms with Crippen LogP contribution in [-0.2, 0) is 6.42 Å². The van der Waals surface area contributed by atoms with Gasteiger partial charge in [-0.15, -0.1) is 0 Å². The maximum atomic E-state index is 12.2. The van der Waals surface area contributed by atoms with E-state index < -0.39 is 6.10 Å². The van der Waals surface area contributed by atoms with Gasteiger partial charge in [0.15, 0.2) is 0 Å². The maximum Gasteiger partial charge on any atom is 0.319 e. The molecule has 22 heavy (non-hydrogen) atoms. The number of amides is 2. The third kappa shape index (κ3) is 2.93. The van der Waals surface area contributed by atoms with E-state index in [9.17, 15) is 9.90 Å². The molecule has 0 heterocycles. The van der Waals surface area contributed by atoms with Gasteiger partial charge in [0.25, 0.3) is 0 Å². The molecule has 1 aliphatic carbocycles. The Labute approximate surface area is 134 Å². The molecule has 0 spiro atoms. The molecule has 2 amide bonds. The normalized spacial score (nSPS) is 19.6. The Balaban J connectivity index is 1.72. The van der Waals surface area contributed by atoms with Crippen molar-refractivity contribution in [3.63, 3.8) is 0 Å². The van der Waals surface area contributed by atoms with Gasteiger partial charge >= 0.3 is 6.03 Å². The van der Waals surface area contributed by atoms with Gasteiger partial charge in [-0.05, 0) is 41.8 Å². The highest BCUT2D eigenvalue weighted by atomic mass is 35.5. The van der Waals surface area contributed by atoms with Crippen LogP contribution in [0.4, 0.5) is 10.5 Å². The number of nitrogens with one attached hydrogen (secondary N) is 2. The second kappa shape index (κ2) is 5.99. The highest BCUT2D eigenvalue weighted by Crippen LogP contribution is 2.31. The van der Waals surface area contributed by atoms with Crippen molar-refractivity contribution >= 4 is 23.3 Å². The molecule has 2 aromatic rings. The number of carbonyl (C=O) groups excluding carboxylic acids is 1. The minimum Gasteiger partial charge on any atom is -0.390 e. The monoisotopic (exact) mass is 316 g/mol. The summed E-state index contributed by atoms with van der Waals surface area (Å²) < 4.78 is 0. The molecule has 0 aliphatic heterocycles. The number of benzene rings is 2. The van der Waals surface area contributed by atoms with Gasteiger partial charge in [-0.2, -0.15) is 0 Å². The molecule has 0 fully saturated rings. The van der Waals surface area contributed by atoms with E-state index in [4.69, 9.17) is 11.6 Å². The summed E-state index contributed by atoms with van der Waals surface area (Å²) in [6.45, 7) is 1.88. The van der Waals surface area contributed by atoms with Crippen LogP contribution in [0.15, 0.2) is 42.5 Å². The summed E-state index contributed by atoms with van der Waals surface area (Å²) >= 11 is 5.90. The number of carbonyl (C=O) groups is 1. The molecule has 0 bridgehead atoms. The Morgan fingerprint density at radius 3 is 2.82 bits per heavy atom. The van der Waals surface area contributed by atoms with E-state index in [1.165, 1.54) is 0 Å². The average molecular weight is 317 g/mol. The van der Waals surface area contributed by atoms with Crippen LogP contribution in [0.1, 0.15) is 22.7 Å². The number of fused-ring (bicyclic) bond motifs is 1. The third-order valence-corrected chi connectivity index (χ3v) is 4.16. The van der Waals surface area contributed by atoms with E-state index in [2.05, 4.69) is 10.6 Å². The Kier molecular flexibility index (Phi) is 4.05. The number of aryl methyl sites for hydroxylation is 1. The molecule has 0 aromatic heterocycles. The summed E-state index contributed by atoms with van der Waals surface area (Å²) in [7, 11) is 0. The molecule has 5 heteroatoms. The summed E-state index contributed by atoms with van der Waals surface area (Å²) in [5.74, 6) is 0. The minimum atomic E-state index is -0.602. The lowest BCUT2D eigenvalue weighted by Crippen LogP contribution is -2.36. The van der Waals surface area contributed by atoms with E-state index in [1.807, 2.05) is 31.2 Å². The Hall–Kier alpha value is -2.04. The van der Waals surface area contributed by atoms with Crippen LogP contribution < -0.4 is 10.6 Å². The number of aliphatic hydroxyl groups is 1. The number of urea groups is 1. The standard InChI is InChI=1S/C17H17ClN2O2/c1-10-8-12(18)6-7-14(10)19-17(22)20-16-13-5-3-2-4-11(13)9-15(16)21/h2-8,15-16,21H,9H2,1H3,(H2,19,20,22)/t15-,16+/m0/s1. The molecule has 2 atom stereocenters. The number of anilines is 1. The zero-order valence-corrected chi connectivity index (χ0v) is 12.9. The van der Waals surface area contributed by atoms with Crippen LogP contribution in [0.2, 0.25) is 5.02 Å². The Morgan fingerprint density at radius 2 is 2.05 bits per heavy atom. The first-order chi connectivity index (χ1) is 10.5. The van der Waals surface area contributed by atoms with E-state index in [-0.39, 0.29) is 12.1 Å². The molecule has 0 saturated carbocycles. The van der Waals surface area contributed by atoms with Crippen molar-refractivity contribution < 1.29 is 9.90 Å². The zero-order valence-electron chi connectivity index (χ0n) is 12.1. The molecule has 0 radical (unpaired) electrons. The predicted molar refractivity (Wildman–Crippen MR) is 87.2 cm³/mol. The van der Waals surface area contributed by atoms with Crippen molar-refractivity contribution in [2.75, 3.05) is 5.32 Å². The van der Waals surface area contributed by atoms with Crippen molar-refractivity contribution in [1.82, 2.24) is 5.32 Å². The lowest BCUT2D eigenvalue weighted by molar-refractivity contribution is 0.144. The molecule has 1 aliphatic rings. The van der Waals surface area contributed by atoms with Crippen LogP contribution >= 0.6 is 11.6 Å². The summed E-state index contributed by atoms with van der Waals surface area (Å²) in [6.07, 6.45) is -0.0457. The molecular weight excluding hydrogens is 300 g/mol. The number of halogens is 1. The van der Waals surface area contributed by atoms with Crippen LogP contribution in [0.25, 0.3) is 0 Å².